The van der Waals surface area contributed by atoms with Gasteiger partial charge in [0.25, 0.3) is 0 Å². The van der Waals surface area contributed by atoms with E-state index < -0.39 is 7.12 Å². The fourth-order valence-corrected chi connectivity index (χ4v) is 16.7. The Labute approximate surface area is 660 Å². The van der Waals surface area contributed by atoms with Gasteiger partial charge in [-0.15, -0.1) is 0 Å². The summed E-state index contributed by atoms with van der Waals surface area (Å²) in [7, 11) is -0.413. The van der Waals surface area contributed by atoms with E-state index in [2.05, 4.69) is 299 Å². The molecule has 16 aromatic carbocycles. The third-order valence-electron chi connectivity index (χ3n) is 22.8. The fourth-order valence-electron chi connectivity index (χ4n) is 16.5. The molecule has 0 aliphatic carbocycles. The second-order valence-corrected chi connectivity index (χ2v) is 30.7. The minimum absolute atomic E-state index is 0.388. The predicted molar refractivity (Wildman–Crippen MR) is 468 cm³/mol. The van der Waals surface area contributed by atoms with Crippen molar-refractivity contribution in [3.05, 3.63) is 345 Å². The maximum atomic E-state index is 6.91. The van der Waals surface area contributed by atoms with Gasteiger partial charge in [-0.3, -0.25) is 0 Å². The van der Waals surface area contributed by atoms with Crippen molar-refractivity contribution in [2.45, 2.75) is 38.9 Å². The van der Waals surface area contributed by atoms with Gasteiger partial charge in [-0.1, -0.05) is 291 Å². The van der Waals surface area contributed by atoms with Crippen LogP contribution in [0.25, 0.3) is 210 Å². The molecule has 0 atom stereocenters. The number of aromatic nitrogens is 4. The van der Waals surface area contributed by atoms with Crippen molar-refractivity contribution in [2.75, 3.05) is 0 Å². The number of hydrogen-bond acceptors (Lipinski definition) is 10. The monoisotopic (exact) mass is 1490 g/mol. The standard InChI is InChI=1S/C48H28N2O2.C34H29BO3.C20H11ClN2O/c1-2-11-29(12-3-1)40-27-34-14-5-7-20-37(34)43-39-22-10-21-38(46(39)52-47(40)43)33-17-8-15-31(25-33)32-16-9-18-35(26-32)41-28-49-45-44-36-19-6-4-13-30(36)23-24-42(44)51-48(45)50-41;1-33(2)34(3,4)38-35(37-33)25-16-10-15-23(20-25)27-18-11-19-28-30-26-17-9-8-14-24(26)21-29(32(30)36-31(27)28)22-12-6-5-7-13-22;21-14-6-3-5-13(10-14)16-11-22-19-18-15-7-2-1-4-12(15)8-9-17(18)24-20(19)23-16/h1-28H;5-21H,1-4H3;1-11H. The topological polar surface area (TPSA) is 123 Å². The zero-order valence-corrected chi connectivity index (χ0v) is 63.3. The zero-order valence-electron chi connectivity index (χ0n) is 62.5. The van der Waals surface area contributed by atoms with Gasteiger partial charge in [-0.2, -0.15) is 0 Å². The summed E-state index contributed by atoms with van der Waals surface area (Å²) in [5, 5.41) is 16.6. The number of benzene rings is 16. The average molecular weight is 1490 g/mol. The molecule has 0 N–H and O–H groups in total. The summed E-state index contributed by atoms with van der Waals surface area (Å²) < 4.78 is 38.6. The molecule has 7 heterocycles. The Morgan fingerprint density at radius 3 is 1.15 bits per heavy atom. The van der Waals surface area contributed by atoms with Crippen LogP contribution in [0.1, 0.15) is 27.7 Å². The van der Waals surface area contributed by atoms with Crippen molar-refractivity contribution in [1.29, 1.82) is 0 Å². The molecule has 0 bridgehead atoms. The van der Waals surface area contributed by atoms with Gasteiger partial charge in [0.1, 0.15) is 44.5 Å². The lowest BCUT2D eigenvalue weighted by atomic mass is 9.78. The molecule has 1 fully saturated rings. The number of furan rings is 4. The lowest BCUT2D eigenvalue weighted by Gasteiger charge is -2.32. The molecular weight excluding hydrogens is 1420 g/mol. The largest absolute Gasteiger partial charge is 0.494 e. The Balaban J connectivity index is 0.000000115. The molecule has 23 rings (SSSR count). The van der Waals surface area contributed by atoms with Crippen molar-refractivity contribution in [3.8, 4) is 78.1 Å². The van der Waals surface area contributed by atoms with Gasteiger partial charge in [0.2, 0.25) is 11.4 Å². The van der Waals surface area contributed by atoms with E-state index in [0.29, 0.717) is 16.4 Å². The highest BCUT2D eigenvalue weighted by atomic mass is 35.5. The molecule has 0 saturated carbocycles. The quantitative estimate of drug-likeness (QED) is 0.136. The highest BCUT2D eigenvalue weighted by Gasteiger charge is 2.52. The van der Waals surface area contributed by atoms with Crippen LogP contribution in [0, 0.1) is 0 Å². The van der Waals surface area contributed by atoms with Crippen molar-refractivity contribution in [2.24, 2.45) is 0 Å². The Kier molecular flexibility index (Phi) is 16.3. The summed E-state index contributed by atoms with van der Waals surface area (Å²) in [4.78, 5) is 19.1. The summed E-state index contributed by atoms with van der Waals surface area (Å²) in [6.45, 7) is 8.34. The third kappa shape index (κ3) is 11.7. The second kappa shape index (κ2) is 27.3. The first-order chi connectivity index (χ1) is 55.9. The third-order valence-corrected chi connectivity index (χ3v) is 23.0. The van der Waals surface area contributed by atoms with E-state index in [1.54, 1.807) is 6.20 Å². The molecule has 542 valence electrons. The van der Waals surface area contributed by atoms with E-state index in [0.717, 1.165) is 182 Å². The van der Waals surface area contributed by atoms with Gasteiger partial charge >= 0.3 is 7.12 Å². The van der Waals surface area contributed by atoms with E-state index in [4.69, 9.17) is 48.5 Å². The molecule has 6 aromatic heterocycles. The van der Waals surface area contributed by atoms with Crippen molar-refractivity contribution in [3.63, 3.8) is 0 Å². The average Bonchev–Trinajstić information content (AvgIpc) is 1.57. The molecule has 0 spiro atoms. The molecule has 10 nitrogen and oxygen atoms in total. The summed E-state index contributed by atoms with van der Waals surface area (Å²) in [5.41, 5.74) is 22.4. The Morgan fingerprint density at radius 1 is 0.281 bits per heavy atom. The second-order valence-electron chi connectivity index (χ2n) is 30.2. The highest BCUT2D eigenvalue weighted by molar-refractivity contribution is 6.62. The van der Waals surface area contributed by atoms with E-state index >= 15 is 0 Å². The summed E-state index contributed by atoms with van der Waals surface area (Å²) in [5.74, 6) is 0. The van der Waals surface area contributed by atoms with Crippen LogP contribution in [0.15, 0.2) is 358 Å². The van der Waals surface area contributed by atoms with E-state index in [9.17, 15) is 0 Å². The van der Waals surface area contributed by atoms with Crippen molar-refractivity contribution < 1.29 is 27.0 Å². The lowest BCUT2D eigenvalue weighted by Crippen LogP contribution is -2.41. The number of halogens is 1. The van der Waals surface area contributed by atoms with Gasteiger partial charge in [-0.05, 0) is 158 Å². The van der Waals surface area contributed by atoms with Crippen molar-refractivity contribution >= 4 is 156 Å². The molecular formula is C102H68BClN4O6. The lowest BCUT2D eigenvalue weighted by molar-refractivity contribution is 0.00578. The van der Waals surface area contributed by atoms with Crippen LogP contribution >= 0.6 is 11.6 Å². The van der Waals surface area contributed by atoms with E-state index in [1.807, 2.05) is 72.9 Å². The molecule has 0 amide bonds. The minimum atomic E-state index is -0.413. The van der Waals surface area contributed by atoms with Crippen LogP contribution < -0.4 is 5.46 Å². The molecule has 12 heteroatoms. The maximum absolute atomic E-state index is 6.91. The first-order valence-electron chi connectivity index (χ1n) is 38.3. The smallest absolute Gasteiger partial charge is 0.455 e. The molecule has 0 radical (unpaired) electrons. The Hall–Kier alpha value is -13.8. The number of rotatable bonds is 8. The summed E-state index contributed by atoms with van der Waals surface area (Å²) in [6.07, 6.45) is 3.62. The van der Waals surface area contributed by atoms with Crippen molar-refractivity contribution in [1.82, 2.24) is 19.9 Å². The van der Waals surface area contributed by atoms with Crippen LogP contribution in [-0.2, 0) is 9.31 Å². The number of nitrogens with zero attached hydrogens (tertiary/aromatic N) is 4. The highest BCUT2D eigenvalue weighted by Crippen LogP contribution is 2.48. The molecule has 1 aliphatic rings. The number of fused-ring (bicyclic) bond motifs is 20. The van der Waals surface area contributed by atoms with Gasteiger partial charge in [0.05, 0.1) is 45.8 Å². The Morgan fingerprint density at radius 2 is 0.658 bits per heavy atom. The number of hydrogen-bond donors (Lipinski definition) is 0. The van der Waals surface area contributed by atoms with Gasteiger partial charge in [0, 0.05) is 59.9 Å². The van der Waals surface area contributed by atoms with E-state index in [-0.39, 0.29) is 11.2 Å². The number of para-hydroxylation sites is 2. The summed E-state index contributed by atoms with van der Waals surface area (Å²) >= 11 is 6.07. The van der Waals surface area contributed by atoms with E-state index in [1.165, 1.54) is 21.5 Å². The first-order valence-corrected chi connectivity index (χ1v) is 38.7. The molecule has 0 unspecified atom stereocenters. The molecule has 22 aromatic rings. The van der Waals surface area contributed by atoms with Gasteiger partial charge in [0.15, 0.2) is 0 Å². The first kappa shape index (κ1) is 68.2. The normalized spacial score (nSPS) is 13.4. The van der Waals surface area contributed by atoms with Crippen LogP contribution in [0.5, 0.6) is 0 Å². The zero-order chi connectivity index (χ0) is 76.3. The molecule has 1 aliphatic heterocycles. The molecule has 1 saturated heterocycles. The van der Waals surface area contributed by atoms with Crippen LogP contribution in [-0.4, -0.2) is 38.3 Å². The van der Waals surface area contributed by atoms with Crippen LogP contribution in [0.4, 0.5) is 0 Å². The predicted octanol–water partition coefficient (Wildman–Crippen LogP) is 27.5. The Bertz CT molecular complexity index is 7600. The van der Waals surface area contributed by atoms with Gasteiger partial charge < -0.3 is 27.0 Å². The molecule has 114 heavy (non-hydrogen) atoms. The van der Waals surface area contributed by atoms with Crippen LogP contribution in [0.2, 0.25) is 5.02 Å². The maximum Gasteiger partial charge on any atom is 0.494 e. The minimum Gasteiger partial charge on any atom is -0.455 e. The SMILES string of the molecule is CC1(C)OB(c2cccc(-c3cccc4c3oc3c(-c5ccccc5)cc5ccccc5c34)c2)OC1(C)C.Clc1cccc(-c2cnc3c(n2)oc2ccc4ccccc4c23)c1.c1ccc(-c2cc3ccccc3c3c2oc2c(-c4cccc(-c5cccc(-c6cnc7c(n6)oc6ccc8ccccc8c67)c5)c4)cccc23)cc1. The van der Waals surface area contributed by atoms with Crippen LogP contribution in [0.3, 0.4) is 0 Å². The van der Waals surface area contributed by atoms with Gasteiger partial charge in [-0.25, -0.2) is 19.9 Å². The summed E-state index contributed by atoms with van der Waals surface area (Å²) in [6, 6.07) is 113. The fraction of sp³-hybridized carbons (Fsp3) is 0.0588.